The smallest absolute Gasteiger partial charge is 0.333 e. The molecule has 3 nitrogen and oxygen atoms in total. The quantitative estimate of drug-likeness (QED) is 0.601. The average molecular weight is 240 g/mol. The second-order valence-electron chi connectivity index (χ2n) is 3.86. The molecule has 16 heavy (non-hydrogen) atoms. The molecule has 0 aliphatic rings. The van der Waals surface area contributed by atoms with Gasteiger partial charge in [0.25, 0.3) is 0 Å². The summed E-state index contributed by atoms with van der Waals surface area (Å²) in [5, 5.41) is 0.671. The third-order valence-corrected chi connectivity index (χ3v) is 2.34. The van der Waals surface area contributed by atoms with Gasteiger partial charge in [-0.15, -0.1) is 0 Å². The number of carbonyl (C=O) groups excluding carboxylic acids is 1. The van der Waals surface area contributed by atoms with E-state index in [1.807, 2.05) is 12.1 Å². The summed E-state index contributed by atoms with van der Waals surface area (Å²) in [6, 6.07) is 7.21. The number of halogens is 1. The minimum absolute atomic E-state index is 0.363. The molecule has 0 aliphatic heterocycles. The summed E-state index contributed by atoms with van der Waals surface area (Å²) < 4.78 is 4.65. The Labute approximate surface area is 100 Å². The van der Waals surface area contributed by atoms with Crippen LogP contribution in [0.15, 0.2) is 29.3 Å². The van der Waals surface area contributed by atoms with Crippen molar-refractivity contribution in [3.8, 4) is 0 Å². The van der Waals surface area contributed by atoms with Crippen LogP contribution in [0.5, 0.6) is 0 Å². The fourth-order valence-corrected chi connectivity index (χ4v) is 1.21. The molecule has 0 N–H and O–H groups in total. The van der Waals surface area contributed by atoms with E-state index in [0.717, 1.165) is 5.56 Å². The SMILES string of the molecule is COC(=O)C(C)(C)N=Cc1ccc(Cl)cc1. The first kappa shape index (κ1) is 12.7. The lowest BCUT2D eigenvalue weighted by atomic mass is 10.1. The summed E-state index contributed by atoms with van der Waals surface area (Å²) in [4.78, 5) is 15.5. The number of esters is 1. The summed E-state index contributed by atoms with van der Waals surface area (Å²) >= 11 is 5.76. The van der Waals surface area contributed by atoms with Gasteiger partial charge in [-0.3, -0.25) is 4.99 Å². The Morgan fingerprint density at radius 3 is 2.44 bits per heavy atom. The van der Waals surface area contributed by atoms with E-state index in [9.17, 15) is 4.79 Å². The lowest BCUT2D eigenvalue weighted by Crippen LogP contribution is -2.30. The number of hydrogen-bond acceptors (Lipinski definition) is 3. The molecule has 0 saturated heterocycles. The van der Waals surface area contributed by atoms with Crippen LogP contribution in [-0.2, 0) is 9.53 Å². The summed E-state index contributed by atoms with van der Waals surface area (Å²) in [5.41, 5.74) is 0.0235. The summed E-state index contributed by atoms with van der Waals surface area (Å²) in [7, 11) is 1.35. The van der Waals surface area contributed by atoms with Crippen LogP contribution in [0.2, 0.25) is 5.02 Å². The maximum absolute atomic E-state index is 11.4. The van der Waals surface area contributed by atoms with Gasteiger partial charge in [0.15, 0.2) is 5.54 Å². The molecule has 0 atom stereocenters. The number of nitrogens with zero attached hydrogens (tertiary/aromatic N) is 1. The van der Waals surface area contributed by atoms with Crippen LogP contribution in [0.3, 0.4) is 0 Å². The number of methoxy groups -OCH3 is 1. The Bertz CT molecular complexity index is 396. The number of aliphatic imine (C=N–C) groups is 1. The molecule has 0 radical (unpaired) electrons. The van der Waals surface area contributed by atoms with Crippen molar-refractivity contribution in [3.05, 3.63) is 34.9 Å². The van der Waals surface area contributed by atoms with Gasteiger partial charge in [0.2, 0.25) is 0 Å². The van der Waals surface area contributed by atoms with Gasteiger partial charge in [0.1, 0.15) is 0 Å². The second kappa shape index (κ2) is 5.12. The van der Waals surface area contributed by atoms with Gasteiger partial charge in [-0.2, -0.15) is 0 Å². The van der Waals surface area contributed by atoms with Crippen molar-refractivity contribution in [3.63, 3.8) is 0 Å². The van der Waals surface area contributed by atoms with E-state index in [1.165, 1.54) is 7.11 Å². The van der Waals surface area contributed by atoms with Crippen LogP contribution < -0.4 is 0 Å². The molecule has 0 saturated carbocycles. The predicted octanol–water partition coefficient (Wildman–Crippen LogP) is 2.71. The van der Waals surface area contributed by atoms with Crippen LogP contribution in [0.4, 0.5) is 0 Å². The zero-order chi connectivity index (χ0) is 12.2. The molecule has 0 amide bonds. The highest BCUT2D eigenvalue weighted by Gasteiger charge is 2.26. The van der Waals surface area contributed by atoms with Gasteiger partial charge in [0, 0.05) is 11.2 Å². The monoisotopic (exact) mass is 239 g/mol. The molecule has 0 unspecified atom stereocenters. The van der Waals surface area contributed by atoms with Crippen molar-refractivity contribution in [2.75, 3.05) is 7.11 Å². The molecule has 86 valence electrons. The number of rotatable bonds is 3. The van der Waals surface area contributed by atoms with Crippen molar-refractivity contribution in [1.29, 1.82) is 0 Å². The summed E-state index contributed by atoms with van der Waals surface area (Å²) in [5.74, 6) is -0.363. The predicted molar refractivity (Wildman–Crippen MR) is 65.1 cm³/mol. The standard InChI is InChI=1S/C12H14ClNO2/c1-12(2,11(15)16-3)14-8-9-4-6-10(13)7-5-9/h4-8H,1-3H3. The number of benzene rings is 1. The maximum Gasteiger partial charge on any atom is 0.333 e. The van der Waals surface area contributed by atoms with Crippen molar-refractivity contribution in [1.82, 2.24) is 0 Å². The highest BCUT2D eigenvalue weighted by molar-refractivity contribution is 6.30. The summed E-state index contributed by atoms with van der Waals surface area (Å²) in [6.07, 6.45) is 1.63. The number of carbonyl (C=O) groups is 1. The Morgan fingerprint density at radius 1 is 1.38 bits per heavy atom. The lowest BCUT2D eigenvalue weighted by Gasteiger charge is -2.15. The molecule has 1 aromatic rings. The van der Waals surface area contributed by atoms with Crippen molar-refractivity contribution in [2.24, 2.45) is 4.99 Å². The first-order valence-corrected chi connectivity index (χ1v) is 5.23. The van der Waals surface area contributed by atoms with Crippen molar-refractivity contribution < 1.29 is 9.53 Å². The van der Waals surface area contributed by atoms with Gasteiger partial charge in [0.05, 0.1) is 7.11 Å². The Morgan fingerprint density at radius 2 is 1.94 bits per heavy atom. The normalized spacial score (nSPS) is 11.8. The molecular weight excluding hydrogens is 226 g/mol. The first-order valence-electron chi connectivity index (χ1n) is 4.85. The Kier molecular flexibility index (Phi) is 4.07. The maximum atomic E-state index is 11.4. The van der Waals surface area contributed by atoms with E-state index in [1.54, 1.807) is 32.2 Å². The molecule has 0 aliphatic carbocycles. The average Bonchev–Trinajstić information content (AvgIpc) is 2.27. The zero-order valence-corrected chi connectivity index (χ0v) is 10.3. The lowest BCUT2D eigenvalue weighted by molar-refractivity contribution is -0.145. The third-order valence-electron chi connectivity index (χ3n) is 2.09. The summed E-state index contributed by atoms with van der Waals surface area (Å²) in [6.45, 7) is 3.40. The number of ether oxygens (including phenoxy) is 1. The van der Waals surface area contributed by atoms with E-state index in [2.05, 4.69) is 9.73 Å². The van der Waals surface area contributed by atoms with E-state index < -0.39 is 5.54 Å². The minimum atomic E-state index is -0.867. The first-order chi connectivity index (χ1) is 7.45. The van der Waals surface area contributed by atoms with Crippen molar-refractivity contribution in [2.45, 2.75) is 19.4 Å². The van der Waals surface area contributed by atoms with Crippen molar-refractivity contribution >= 4 is 23.8 Å². The van der Waals surface area contributed by atoms with E-state index in [-0.39, 0.29) is 5.97 Å². The molecule has 0 fully saturated rings. The van der Waals surface area contributed by atoms with Crippen LogP contribution in [-0.4, -0.2) is 24.8 Å². The molecule has 0 heterocycles. The van der Waals surface area contributed by atoms with Gasteiger partial charge in [-0.05, 0) is 31.5 Å². The molecule has 1 aromatic carbocycles. The van der Waals surface area contributed by atoms with E-state index >= 15 is 0 Å². The fourth-order valence-electron chi connectivity index (χ4n) is 1.09. The number of hydrogen-bond donors (Lipinski definition) is 0. The van der Waals surface area contributed by atoms with Gasteiger partial charge >= 0.3 is 5.97 Å². The van der Waals surface area contributed by atoms with E-state index in [0.29, 0.717) is 5.02 Å². The molecule has 0 bridgehead atoms. The molecule has 0 spiro atoms. The van der Waals surface area contributed by atoms with Gasteiger partial charge in [-0.1, -0.05) is 23.7 Å². The molecule has 4 heteroatoms. The van der Waals surface area contributed by atoms with E-state index in [4.69, 9.17) is 11.6 Å². The van der Waals surface area contributed by atoms with Crippen LogP contribution in [0.25, 0.3) is 0 Å². The zero-order valence-electron chi connectivity index (χ0n) is 9.53. The fraction of sp³-hybridized carbons (Fsp3) is 0.333. The van der Waals surface area contributed by atoms with Gasteiger partial charge in [-0.25, -0.2) is 4.79 Å². The molecule has 1 rings (SSSR count). The van der Waals surface area contributed by atoms with Gasteiger partial charge < -0.3 is 4.74 Å². The minimum Gasteiger partial charge on any atom is -0.467 e. The Hall–Kier alpha value is -1.35. The Balaban J connectivity index is 2.80. The van der Waals surface area contributed by atoms with Crippen LogP contribution in [0.1, 0.15) is 19.4 Å². The second-order valence-corrected chi connectivity index (χ2v) is 4.30. The third kappa shape index (κ3) is 3.35. The largest absolute Gasteiger partial charge is 0.467 e. The topological polar surface area (TPSA) is 38.7 Å². The molecule has 0 aromatic heterocycles. The highest BCUT2D eigenvalue weighted by atomic mass is 35.5. The van der Waals surface area contributed by atoms with Crippen LogP contribution >= 0.6 is 11.6 Å². The van der Waals surface area contributed by atoms with Crippen LogP contribution in [0, 0.1) is 0 Å². The molecular formula is C12H14ClNO2. The highest BCUT2D eigenvalue weighted by Crippen LogP contribution is 2.12.